The lowest BCUT2D eigenvalue weighted by Gasteiger charge is -2.09. The molecule has 0 aliphatic heterocycles. The first-order valence-corrected chi connectivity index (χ1v) is 5.11. The zero-order chi connectivity index (χ0) is 13.5. The van der Waals surface area contributed by atoms with Gasteiger partial charge < -0.3 is 21.5 Å². The Morgan fingerprint density at radius 1 is 1.44 bits per heavy atom. The van der Waals surface area contributed by atoms with Crippen LogP contribution in [0.2, 0.25) is 0 Å². The Balaban J connectivity index is 2.40. The van der Waals surface area contributed by atoms with Gasteiger partial charge in [-0.25, -0.2) is 4.39 Å². The molecule has 0 aromatic heterocycles. The predicted octanol–water partition coefficient (Wildman–Crippen LogP) is 1.59. The molecule has 1 aromatic carbocycles. The lowest BCUT2D eigenvalue weighted by atomic mass is 10.2. The number of nitrogen functional groups attached to an aromatic ring is 1. The number of benzene rings is 1. The SMILES string of the molecule is C=C(NC=C(F)C(=N)N)OCc1ccc(N)cc1. The number of hydrogen-bond acceptors (Lipinski definition) is 4. The van der Waals surface area contributed by atoms with E-state index in [0.29, 0.717) is 5.69 Å². The highest BCUT2D eigenvalue weighted by atomic mass is 19.1. The van der Waals surface area contributed by atoms with E-state index in [9.17, 15) is 4.39 Å². The fourth-order valence-electron chi connectivity index (χ4n) is 1.05. The lowest BCUT2D eigenvalue weighted by Crippen LogP contribution is -2.14. The average Bonchev–Trinajstić information content (AvgIpc) is 2.35. The molecule has 96 valence electrons. The van der Waals surface area contributed by atoms with Crippen LogP contribution in [-0.4, -0.2) is 5.84 Å². The lowest BCUT2D eigenvalue weighted by molar-refractivity contribution is 0.186. The third kappa shape index (κ3) is 4.56. The summed E-state index contributed by atoms with van der Waals surface area (Å²) in [6.45, 7) is 3.82. The number of anilines is 1. The molecule has 0 saturated carbocycles. The van der Waals surface area contributed by atoms with Gasteiger partial charge in [0.05, 0.1) is 0 Å². The zero-order valence-corrected chi connectivity index (χ0v) is 9.74. The Kier molecular flexibility index (Phi) is 4.74. The van der Waals surface area contributed by atoms with Gasteiger partial charge in [-0.3, -0.25) is 5.41 Å². The first-order chi connectivity index (χ1) is 8.49. The second-order valence-electron chi connectivity index (χ2n) is 3.50. The van der Waals surface area contributed by atoms with Crippen LogP contribution in [0.3, 0.4) is 0 Å². The van der Waals surface area contributed by atoms with Crippen molar-refractivity contribution >= 4 is 11.5 Å². The van der Waals surface area contributed by atoms with Crippen molar-refractivity contribution in [1.82, 2.24) is 5.32 Å². The number of rotatable bonds is 6. The summed E-state index contributed by atoms with van der Waals surface area (Å²) in [6.07, 6.45) is 0.910. The molecule has 0 aliphatic carbocycles. The number of hydrogen-bond donors (Lipinski definition) is 4. The molecule has 0 amide bonds. The first-order valence-electron chi connectivity index (χ1n) is 5.11. The molecule has 0 aliphatic rings. The highest BCUT2D eigenvalue weighted by molar-refractivity contribution is 5.91. The van der Waals surface area contributed by atoms with Crippen LogP contribution in [0.25, 0.3) is 0 Å². The summed E-state index contributed by atoms with van der Waals surface area (Å²) < 4.78 is 18.1. The zero-order valence-electron chi connectivity index (χ0n) is 9.74. The Morgan fingerprint density at radius 2 is 2.06 bits per heavy atom. The predicted molar refractivity (Wildman–Crippen MR) is 69.0 cm³/mol. The molecule has 0 radical (unpaired) electrons. The summed E-state index contributed by atoms with van der Waals surface area (Å²) in [5, 5.41) is 9.26. The molecule has 0 fully saturated rings. The van der Waals surface area contributed by atoms with Gasteiger partial charge in [-0.05, 0) is 24.3 Å². The maximum atomic E-state index is 12.8. The monoisotopic (exact) mass is 250 g/mol. The van der Waals surface area contributed by atoms with Gasteiger partial charge >= 0.3 is 0 Å². The van der Waals surface area contributed by atoms with Crippen LogP contribution in [0, 0.1) is 5.41 Å². The van der Waals surface area contributed by atoms with Crippen LogP contribution in [-0.2, 0) is 11.3 Å². The van der Waals surface area contributed by atoms with Crippen molar-refractivity contribution < 1.29 is 9.13 Å². The smallest absolute Gasteiger partial charge is 0.183 e. The molecule has 18 heavy (non-hydrogen) atoms. The van der Waals surface area contributed by atoms with Crippen molar-refractivity contribution in [2.24, 2.45) is 5.73 Å². The minimum absolute atomic E-state index is 0.156. The molecule has 0 spiro atoms. The highest BCUT2D eigenvalue weighted by Crippen LogP contribution is 2.07. The summed E-state index contributed by atoms with van der Waals surface area (Å²) in [7, 11) is 0. The molecule has 5 nitrogen and oxygen atoms in total. The molecular weight excluding hydrogens is 235 g/mol. The van der Waals surface area contributed by atoms with Crippen LogP contribution >= 0.6 is 0 Å². The van der Waals surface area contributed by atoms with Gasteiger partial charge in [0.25, 0.3) is 0 Å². The Labute approximate surface area is 104 Å². The quantitative estimate of drug-likeness (QED) is 0.267. The van der Waals surface area contributed by atoms with Crippen LogP contribution < -0.4 is 16.8 Å². The van der Waals surface area contributed by atoms with E-state index in [-0.39, 0.29) is 12.5 Å². The van der Waals surface area contributed by atoms with Gasteiger partial charge in [-0.2, -0.15) is 0 Å². The third-order valence-corrected chi connectivity index (χ3v) is 2.01. The van der Waals surface area contributed by atoms with Crippen LogP contribution in [0.15, 0.2) is 48.8 Å². The van der Waals surface area contributed by atoms with Gasteiger partial charge in [-0.15, -0.1) is 0 Å². The molecule has 6 N–H and O–H groups in total. The standard InChI is InChI=1S/C12H15FN4O/c1-8(17-6-11(13)12(15)16)18-7-9-2-4-10(14)5-3-9/h2-6,17H,1,7,14H2,(H3,15,16). The number of halogens is 1. The van der Waals surface area contributed by atoms with Crippen LogP contribution in [0.5, 0.6) is 0 Å². The maximum Gasteiger partial charge on any atom is 0.183 e. The molecule has 0 saturated heterocycles. The van der Waals surface area contributed by atoms with Crippen molar-refractivity contribution in [2.45, 2.75) is 6.61 Å². The number of nitrogens with one attached hydrogen (secondary N) is 2. The van der Waals surface area contributed by atoms with Gasteiger partial charge in [0.1, 0.15) is 6.61 Å². The average molecular weight is 250 g/mol. The molecule has 0 bridgehead atoms. The maximum absolute atomic E-state index is 12.8. The van der Waals surface area contributed by atoms with Gasteiger partial charge in [0.15, 0.2) is 17.5 Å². The molecule has 0 heterocycles. The largest absolute Gasteiger partial charge is 0.475 e. The van der Waals surface area contributed by atoms with E-state index in [0.717, 1.165) is 11.8 Å². The van der Waals surface area contributed by atoms with E-state index in [1.807, 2.05) is 12.1 Å². The van der Waals surface area contributed by atoms with E-state index in [1.165, 1.54) is 0 Å². The number of amidine groups is 1. The van der Waals surface area contributed by atoms with Crippen molar-refractivity contribution in [1.29, 1.82) is 5.41 Å². The van der Waals surface area contributed by atoms with E-state index in [4.69, 9.17) is 21.6 Å². The Hall–Kier alpha value is -2.50. The summed E-state index contributed by atoms with van der Waals surface area (Å²) >= 11 is 0. The molecular formula is C12H15FN4O. The van der Waals surface area contributed by atoms with Gasteiger partial charge in [0.2, 0.25) is 0 Å². The topological polar surface area (TPSA) is 97.2 Å². The highest BCUT2D eigenvalue weighted by Gasteiger charge is 1.99. The van der Waals surface area contributed by atoms with Crippen molar-refractivity contribution in [3.05, 3.63) is 54.3 Å². The van der Waals surface area contributed by atoms with Gasteiger partial charge in [0, 0.05) is 11.9 Å². The van der Waals surface area contributed by atoms with Crippen molar-refractivity contribution in [2.75, 3.05) is 5.73 Å². The third-order valence-electron chi connectivity index (χ3n) is 2.01. The number of ether oxygens (including phenoxy) is 1. The van der Waals surface area contributed by atoms with E-state index in [2.05, 4.69) is 11.9 Å². The van der Waals surface area contributed by atoms with Crippen LogP contribution in [0.4, 0.5) is 10.1 Å². The summed E-state index contributed by atoms with van der Waals surface area (Å²) in [4.78, 5) is 0. The number of nitrogens with two attached hydrogens (primary N) is 2. The fourth-order valence-corrected chi connectivity index (χ4v) is 1.05. The second kappa shape index (κ2) is 6.29. The van der Waals surface area contributed by atoms with Crippen molar-refractivity contribution in [3.63, 3.8) is 0 Å². The summed E-state index contributed by atoms with van der Waals surface area (Å²) in [5.74, 6) is -1.38. The Morgan fingerprint density at radius 3 is 2.61 bits per heavy atom. The second-order valence-corrected chi connectivity index (χ2v) is 3.50. The van der Waals surface area contributed by atoms with E-state index in [1.54, 1.807) is 12.1 Å². The molecule has 0 unspecified atom stereocenters. The first kappa shape index (κ1) is 13.6. The minimum Gasteiger partial charge on any atom is -0.475 e. The minimum atomic E-state index is -0.882. The molecule has 1 rings (SSSR count). The molecule has 1 aromatic rings. The normalized spacial score (nSPS) is 10.8. The van der Waals surface area contributed by atoms with Crippen LogP contribution in [0.1, 0.15) is 5.56 Å². The van der Waals surface area contributed by atoms with E-state index < -0.39 is 11.7 Å². The van der Waals surface area contributed by atoms with Gasteiger partial charge in [-0.1, -0.05) is 12.1 Å². The van der Waals surface area contributed by atoms with E-state index >= 15 is 0 Å². The summed E-state index contributed by atoms with van der Waals surface area (Å²) in [6, 6.07) is 7.14. The summed E-state index contributed by atoms with van der Waals surface area (Å²) in [5.41, 5.74) is 12.0. The van der Waals surface area contributed by atoms with Crippen molar-refractivity contribution in [3.8, 4) is 0 Å². The molecule has 6 heteroatoms. The Bertz CT molecular complexity index is 467. The fraction of sp³-hybridized carbons (Fsp3) is 0.0833. The molecule has 0 atom stereocenters.